The normalized spacial score (nSPS) is 14.1. The molecule has 0 aliphatic rings. The lowest BCUT2D eigenvalue weighted by Crippen LogP contribution is -2.36. The molecule has 17 heavy (non-hydrogen) atoms. The number of benzene rings is 1. The number of aliphatic hydroxyl groups is 1. The summed E-state index contributed by atoms with van der Waals surface area (Å²) in [7, 11) is 2.66. The van der Waals surface area contributed by atoms with E-state index in [9.17, 15) is 9.90 Å². The molecule has 1 N–H and O–H groups in total. The van der Waals surface area contributed by atoms with Crippen LogP contribution >= 0.6 is 0 Å². The van der Waals surface area contributed by atoms with E-state index in [4.69, 9.17) is 4.74 Å². The van der Waals surface area contributed by atoms with Crippen molar-refractivity contribution in [1.82, 2.24) is 0 Å². The van der Waals surface area contributed by atoms with Crippen LogP contribution in [-0.2, 0) is 20.7 Å². The van der Waals surface area contributed by atoms with Crippen LogP contribution in [0.25, 0.3) is 0 Å². The number of methoxy groups -OCH3 is 2. The van der Waals surface area contributed by atoms with Gasteiger partial charge in [0.15, 0.2) is 6.10 Å². The summed E-state index contributed by atoms with van der Waals surface area (Å²) in [5.74, 6) is -0.548. The summed E-state index contributed by atoms with van der Waals surface area (Å²) in [6, 6.07) is 9.78. The van der Waals surface area contributed by atoms with E-state index < -0.39 is 18.2 Å². The minimum Gasteiger partial charge on any atom is -0.467 e. The van der Waals surface area contributed by atoms with Gasteiger partial charge in [-0.1, -0.05) is 30.3 Å². The second-order valence-electron chi connectivity index (χ2n) is 3.77. The van der Waals surface area contributed by atoms with Crippen LogP contribution in [0.1, 0.15) is 12.0 Å². The van der Waals surface area contributed by atoms with E-state index in [1.165, 1.54) is 14.2 Å². The topological polar surface area (TPSA) is 55.8 Å². The summed E-state index contributed by atoms with van der Waals surface area (Å²) in [5, 5.41) is 9.85. The summed E-state index contributed by atoms with van der Waals surface area (Å²) < 4.78 is 9.48. The van der Waals surface area contributed by atoms with Crippen LogP contribution in [0.5, 0.6) is 0 Å². The first-order valence-electron chi connectivity index (χ1n) is 5.51. The average molecular weight is 238 g/mol. The van der Waals surface area contributed by atoms with E-state index >= 15 is 0 Å². The number of rotatable bonds is 6. The van der Waals surface area contributed by atoms with Gasteiger partial charge in [0, 0.05) is 7.11 Å². The summed E-state index contributed by atoms with van der Waals surface area (Å²) >= 11 is 0. The SMILES string of the molecule is COC(=O)C(OC)C(O)CCc1ccccc1. The van der Waals surface area contributed by atoms with Crippen molar-refractivity contribution in [2.75, 3.05) is 14.2 Å². The lowest BCUT2D eigenvalue weighted by Gasteiger charge is -2.19. The highest BCUT2D eigenvalue weighted by Crippen LogP contribution is 2.10. The maximum absolute atomic E-state index is 11.3. The van der Waals surface area contributed by atoms with Gasteiger partial charge in [-0.25, -0.2) is 4.79 Å². The van der Waals surface area contributed by atoms with Gasteiger partial charge in [-0.3, -0.25) is 0 Å². The Morgan fingerprint density at radius 2 is 1.94 bits per heavy atom. The molecule has 0 saturated carbocycles. The molecular formula is C13H18O4. The molecular weight excluding hydrogens is 220 g/mol. The van der Waals surface area contributed by atoms with Crippen LogP contribution in [0.2, 0.25) is 0 Å². The van der Waals surface area contributed by atoms with E-state index in [0.717, 1.165) is 5.56 Å². The van der Waals surface area contributed by atoms with Gasteiger partial charge in [0.25, 0.3) is 0 Å². The molecule has 0 aromatic heterocycles. The molecule has 0 amide bonds. The van der Waals surface area contributed by atoms with Gasteiger partial charge in [-0.05, 0) is 18.4 Å². The highest BCUT2D eigenvalue weighted by atomic mass is 16.6. The Kier molecular flexibility index (Phi) is 5.66. The van der Waals surface area contributed by atoms with Gasteiger partial charge in [0.05, 0.1) is 13.2 Å². The maximum atomic E-state index is 11.3. The van der Waals surface area contributed by atoms with Gasteiger partial charge in [0.2, 0.25) is 0 Å². The summed E-state index contributed by atoms with van der Waals surface area (Å²) in [5.41, 5.74) is 1.12. The summed E-state index contributed by atoms with van der Waals surface area (Å²) in [6.07, 6.45) is -0.618. The molecule has 0 aliphatic carbocycles. The minimum atomic E-state index is -0.913. The van der Waals surface area contributed by atoms with Gasteiger partial charge in [-0.15, -0.1) is 0 Å². The quantitative estimate of drug-likeness (QED) is 0.756. The fraction of sp³-hybridized carbons (Fsp3) is 0.462. The number of esters is 1. The molecule has 0 saturated heterocycles. The van der Waals surface area contributed by atoms with Crippen LogP contribution in [0.4, 0.5) is 0 Å². The molecule has 0 spiro atoms. The number of hydrogen-bond acceptors (Lipinski definition) is 4. The first kappa shape index (κ1) is 13.7. The number of aliphatic hydroxyl groups excluding tert-OH is 1. The molecule has 4 nitrogen and oxygen atoms in total. The maximum Gasteiger partial charge on any atom is 0.337 e. The molecule has 0 heterocycles. The van der Waals surface area contributed by atoms with E-state index in [1.54, 1.807) is 0 Å². The molecule has 4 heteroatoms. The third-order valence-electron chi connectivity index (χ3n) is 2.61. The van der Waals surface area contributed by atoms with Gasteiger partial charge in [-0.2, -0.15) is 0 Å². The largest absolute Gasteiger partial charge is 0.467 e. The molecule has 0 radical (unpaired) electrons. The lowest BCUT2D eigenvalue weighted by molar-refractivity contribution is -0.159. The second kappa shape index (κ2) is 7.04. The fourth-order valence-electron chi connectivity index (χ4n) is 1.64. The van der Waals surface area contributed by atoms with Crippen molar-refractivity contribution in [3.63, 3.8) is 0 Å². The van der Waals surface area contributed by atoms with Crippen LogP contribution in [0.15, 0.2) is 30.3 Å². The Bertz CT molecular complexity index is 337. The molecule has 2 unspecified atom stereocenters. The van der Waals surface area contributed by atoms with Crippen molar-refractivity contribution < 1.29 is 19.4 Å². The number of aryl methyl sites for hydroxylation is 1. The Morgan fingerprint density at radius 3 is 2.47 bits per heavy atom. The Hall–Kier alpha value is -1.39. The van der Waals surface area contributed by atoms with Gasteiger partial charge < -0.3 is 14.6 Å². The second-order valence-corrected chi connectivity index (χ2v) is 3.77. The predicted molar refractivity (Wildman–Crippen MR) is 63.6 cm³/mol. The summed E-state index contributed by atoms with van der Waals surface area (Å²) in [6.45, 7) is 0. The third kappa shape index (κ3) is 4.17. The highest BCUT2D eigenvalue weighted by molar-refractivity contribution is 5.75. The fourth-order valence-corrected chi connectivity index (χ4v) is 1.64. The van der Waals surface area contributed by atoms with E-state index in [2.05, 4.69) is 4.74 Å². The van der Waals surface area contributed by atoms with E-state index in [1.807, 2.05) is 30.3 Å². The number of carbonyl (C=O) groups excluding carboxylic acids is 1. The third-order valence-corrected chi connectivity index (χ3v) is 2.61. The van der Waals surface area contributed by atoms with Crippen molar-refractivity contribution in [2.45, 2.75) is 25.0 Å². The van der Waals surface area contributed by atoms with Crippen LogP contribution < -0.4 is 0 Å². The van der Waals surface area contributed by atoms with Gasteiger partial charge >= 0.3 is 5.97 Å². The molecule has 2 atom stereocenters. The zero-order valence-electron chi connectivity index (χ0n) is 10.1. The van der Waals surface area contributed by atoms with Crippen LogP contribution in [0.3, 0.4) is 0 Å². The number of hydrogen-bond donors (Lipinski definition) is 1. The van der Waals surface area contributed by atoms with Crippen LogP contribution in [0, 0.1) is 0 Å². The average Bonchev–Trinajstić information content (AvgIpc) is 2.38. The molecule has 0 fully saturated rings. The molecule has 0 aliphatic heterocycles. The standard InChI is InChI=1S/C13H18O4/c1-16-12(13(15)17-2)11(14)9-8-10-6-4-3-5-7-10/h3-7,11-12,14H,8-9H2,1-2H3. The van der Waals surface area contributed by atoms with Crippen molar-refractivity contribution in [1.29, 1.82) is 0 Å². The number of carbonyl (C=O) groups is 1. The monoisotopic (exact) mass is 238 g/mol. The molecule has 94 valence electrons. The first-order chi connectivity index (χ1) is 8.19. The molecule has 1 aromatic carbocycles. The van der Waals surface area contributed by atoms with Crippen molar-refractivity contribution in [3.05, 3.63) is 35.9 Å². The number of ether oxygens (including phenoxy) is 2. The highest BCUT2D eigenvalue weighted by Gasteiger charge is 2.26. The Morgan fingerprint density at radius 1 is 1.29 bits per heavy atom. The van der Waals surface area contributed by atoms with Crippen molar-refractivity contribution >= 4 is 5.97 Å². The first-order valence-corrected chi connectivity index (χ1v) is 5.51. The van der Waals surface area contributed by atoms with Crippen molar-refractivity contribution in [3.8, 4) is 0 Å². The Labute approximate surface area is 101 Å². The predicted octanol–water partition coefficient (Wildman–Crippen LogP) is 1.17. The smallest absolute Gasteiger partial charge is 0.337 e. The zero-order chi connectivity index (χ0) is 12.7. The van der Waals surface area contributed by atoms with E-state index in [-0.39, 0.29) is 0 Å². The minimum absolute atomic E-state index is 0.456. The summed E-state index contributed by atoms with van der Waals surface area (Å²) in [4.78, 5) is 11.3. The molecule has 0 bridgehead atoms. The zero-order valence-corrected chi connectivity index (χ0v) is 10.1. The Balaban J connectivity index is 2.48. The van der Waals surface area contributed by atoms with Gasteiger partial charge in [0.1, 0.15) is 0 Å². The van der Waals surface area contributed by atoms with E-state index in [0.29, 0.717) is 12.8 Å². The molecule has 1 rings (SSSR count). The lowest BCUT2D eigenvalue weighted by atomic mass is 10.0. The van der Waals surface area contributed by atoms with Crippen LogP contribution in [-0.4, -0.2) is 37.5 Å². The molecule has 1 aromatic rings. The van der Waals surface area contributed by atoms with Crippen molar-refractivity contribution in [2.24, 2.45) is 0 Å².